The van der Waals surface area contributed by atoms with Crippen LogP contribution in [0, 0.1) is 11.8 Å². The molecule has 2 aromatic rings. The molecule has 1 N–H and O–H groups in total. The molecule has 4 heteroatoms. The van der Waals surface area contributed by atoms with E-state index in [1.165, 1.54) is 18.2 Å². The van der Waals surface area contributed by atoms with Crippen LogP contribution in [0.25, 0.3) is 0 Å². The Hall–Kier alpha value is -1.97. The van der Waals surface area contributed by atoms with Crippen LogP contribution in [0.15, 0.2) is 42.5 Å². The lowest BCUT2D eigenvalue weighted by molar-refractivity contribution is 0.583. The predicted molar refractivity (Wildman–Crippen MR) is 67.2 cm³/mol. The lowest BCUT2D eigenvalue weighted by atomic mass is 10.0. The first kappa shape index (κ1) is 12.5. The van der Waals surface area contributed by atoms with Crippen LogP contribution in [0.3, 0.4) is 0 Å². The largest absolute Gasteiger partial charge is 0.363 e. The van der Waals surface area contributed by atoms with Crippen LogP contribution in [0.1, 0.15) is 24.9 Å². The van der Waals surface area contributed by atoms with Gasteiger partial charge in [0.25, 0.3) is 0 Å². The van der Waals surface area contributed by atoms with Gasteiger partial charge in [0.05, 0.1) is 6.04 Å². The SMILES string of the molecule is CCC(Nc1cccc(F)n1)c1cccc(F)c1. The second-order valence-electron chi connectivity index (χ2n) is 4.01. The highest BCUT2D eigenvalue weighted by Gasteiger charge is 2.10. The quantitative estimate of drug-likeness (QED) is 0.829. The summed E-state index contributed by atoms with van der Waals surface area (Å²) in [6, 6.07) is 10.8. The van der Waals surface area contributed by atoms with Gasteiger partial charge >= 0.3 is 0 Å². The van der Waals surface area contributed by atoms with E-state index in [1.807, 2.05) is 13.0 Å². The molecule has 2 nitrogen and oxygen atoms in total. The summed E-state index contributed by atoms with van der Waals surface area (Å²) < 4.78 is 26.1. The van der Waals surface area contributed by atoms with E-state index in [-0.39, 0.29) is 11.9 Å². The van der Waals surface area contributed by atoms with E-state index < -0.39 is 5.95 Å². The first-order valence-corrected chi connectivity index (χ1v) is 5.83. The summed E-state index contributed by atoms with van der Waals surface area (Å²) in [5, 5.41) is 3.10. The molecule has 1 unspecified atom stereocenters. The summed E-state index contributed by atoms with van der Waals surface area (Å²) in [5.74, 6) is -0.361. The Bertz CT molecular complexity index is 529. The fraction of sp³-hybridized carbons (Fsp3) is 0.214. The van der Waals surface area contributed by atoms with Gasteiger partial charge in [-0.1, -0.05) is 25.1 Å². The third kappa shape index (κ3) is 3.03. The second-order valence-corrected chi connectivity index (χ2v) is 4.01. The summed E-state index contributed by atoms with van der Waals surface area (Å²) >= 11 is 0. The molecule has 0 aliphatic heterocycles. The van der Waals surface area contributed by atoms with Crippen molar-refractivity contribution in [3.05, 3.63) is 59.8 Å². The first-order chi connectivity index (χ1) is 8.69. The number of rotatable bonds is 4. The summed E-state index contributed by atoms with van der Waals surface area (Å²) in [6.07, 6.45) is 0.752. The molecule has 2 rings (SSSR count). The van der Waals surface area contributed by atoms with E-state index in [2.05, 4.69) is 10.3 Å². The van der Waals surface area contributed by atoms with Gasteiger partial charge < -0.3 is 5.32 Å². The fourth-order valence-electron chi connectivity index (χ4n) is 1.81. The zero-order chi connectivity index (χ0) is 13.0. The van der Waals surface area contributed by atoms with Crippen molar-refractivity contribution >= 4 is 5.82 Å². The monoisotopic (exact) mass is 248 g/mol. The number of nitrogens with one attached hydrogen (secondary N) is 1. The number of pyridine rings is 1. The lowest BCUT2D eigenvalue weighted by Crippen LogP contribution is -2.11. The van der Waals surface area contributed by atoms with Crippen molar-refractivity contribution in [3.63, 3.8) is 0 Å². The summed E-state index contributed by atoms with van der Waals surface area (Å²) in [7, 11) is 0. The third-order valence-corrected chi connectivity index (χ3v) is 2.70. The van der Waals surface area contributed by atoms with Crippen LogP contribution < -0.4 is 5.32 Å². The molecule has 0 radical (unpaired) electrons. The lowest BCUT2D eigenvalue weighted by Gasteiger charge is -2.18. The number of benzene rings is 1. The van der Waals surface area contributed by atoms with Crippen molar-refractivity contribution in [1.29, 1.82) is 0 Å². The molecule has 0 saturated heterocycles. The minimum Gasteiger partial charge on any atom is -0.363 e. The molecule has 1 aromatic heterocycles. The zero-order valence-electron chi connectivity index (χ0n) is 10.0. The number of nitrogens with zero attached hydrogens (tertiary/aromatic N) is 1. The molecule has 1 atom stereocenters. The van der Waals surface area contributed by atoms with Gasteiger partial charge in [0.2, 0.25) is 5.95 Å². The van der Waals surface area contributed by atoms with Crippen LogP contribution in [0.2, 0.25) is 0 Å². The highest BCUT2D eigenvalue weighted by Crippen LogP contribution is 2.22. The Morgan fingerprint density at radius 1 is 1.17 bits per heavy atom. The van der Waals surface area contributed by atoms with E-state index in [4.69, 9.17) is 0 Å². The van der Waals surface area contributed by atoms with Gasteiger partial charge in [0.1, 0.15) is 11.6 Å². The molecule has 0 bridgehead atoms. The van der Waals surface area contributed by atoms with Gasteiger partial charge in [0, 0.05) is 0 Å². The molecule has 0 spiro atoms. The molecule has 0 fully saturated rings. The number of anilines is 1. The van der Waals surface area contributed by atoms with Crippen molar-refractivity contribution in [2.75, 3.05) is 5.32 Å². The highest BCUT2D eigenvalue weighted by atomic mass is 19.1. The summed E-state index contributed by atoms with van der Waals surface area (Å²) in [4.78, 5) is 3.74. The average molecular weight is 248 g/mol. The van der Waals surface area contributed by atoms with Crippen molar-refractivity contribution in [2.45, 2.75) is 19.4 Å². The Morgan fingerprint density at radius 3 is 2.61 bits per heavy atom. The first-order valence-electron chi connectivity index (χ1n) is 5.83. The number of aromatic nitrogens is 1. The molecule has 1 heterocycles. The number of hydrogen-bond donors (Lipinski definition) is 1. The van der Waals surface area contributed by atoms with Gasteiger partial charge in [-0.05, 0) is 36.2 Å². The summed E-state index contributed by atoms with van der Waals surface area (Å²) in [5.41, 5.74) is 0.823. The smallest absolute Gasteiger partial charge is 0.214 e. The van der Waals surface area contributed by atoms with Gasteiger partial charge in [-0.3, -0.25) is 0 Å². The number of halogens is 2. The van der Waals surface area contributed by atoms with Crippen LogP contribution in [-0.2, 0) is 0 Å². The molecule has 94 valence electrons. The molecule has 18 heavy (non-hydrogen) atoms. The van der Waals surface area contributed by atoms with E-state index in [1.54, 1.807) is 18.2 Å². The van der Waals surface area contributed by atoms with Gasteiger partial charge in [0.15, 0.2) is 0 Å². The van der Waals surface area contributed by atoms with Crippen molar-refractivity contribution in [1.82, 2.24) is 4.98 Å². The van der Waals surface area contributed by atoms with Crippen LogP contribution in [-0.4, -0.2) is 4.98 Å². The van der Waals surface area contributed by atoms with Crippen LogP contribution in [0.4, 0.5) is 14.6 Å². The molecule has 0 aliphatic carbocycles. The number of hydrogen-bond acceptors (Lipinski definition) is 2. The maximum atomic E-state index is 13.2. The normalized spacial score (nSPS) is 12.2. The van der Waals surface area contributed by atoms with Gasteiger partial charge in [-0.25, -0.2) is 9.37 Å². The predicted octanol–water partition coefficient (Wildman–Crippen LogP) is 3.92. The minimum absolute atomic E-state index is 0.0880. The maximum Gasteiger partial charge on any atom is 0.214 e. The Balaban J connectivity index is 2.19. The highest BCUT2D eigenvalue weighted by molar-refractivity contribution is 5.38. The van der Waals surface area contributed by atoms with Crippen molar-refractivity contribution < 1.29 is 8.78 Å². The molecule has 0 saturated carbocycles. The molecule has 0 amide bonds. The molecular formula is C14H14F2N2. The Morgan fingerprint density at radius 2 is 1.94 bits per heavy atom. The van der Waals surface area contributed by atoms with Crippen molar-refractivity contribution in [3.8, 4) is 0 Å². The molecular weight excluding hydrogens is 234 g/mol. The standard InChI is InChI=1S/C14H14F2N2/c1-2-12(10-5-3-6-11(15)9-10)17-14-8-4-7-13(16)18-14/h3-9,12H,2H2,1H3,(H,17,18). The van der Waals surface area contributed by atoms with E-state index in [0.29, 0.717) is 5.82 Å². The molecule has 1 aromatic carbocycles. The van der Waals surface area contributed by atoms with E-state index in [9.17, 15) is 8.78 Å². The third-order valence-electron chi connectivity index (χ3n) is 2.70. The summed E-state index contributed by atoms with van der Waals surface area (Å²) in [6.45, 7) is 1.97. The maximum absolute atomic E-state index is 13.2. The average Bonchev–Trinajstić information content (AvgIpc) is 2.36. The van der Waals surface area contributed by atoms with Gasteiger partial charge in [-0.15, -0.1) is 0 Å². The zero-order valence-corrected chi connectivity index (χ0v) is 10.0. The van der Waals surface area contributed by atoms with E-state index >= 15 is 0 Å². The fourth-order valence-corrected chi connectivity index (χ4v) is 1.81. The molecule has 0 aliphatic rings. The van der Waals surface area contributed by atoms with Crippen LogP contribution >= 0.6 is 0 Å². The van der Waals surface area contributed by atoms with Crippen LogP contribution in [0.5, 0.6) is 0 Å². The second kappa shape index (κ2) is 5.58. The van der Waals surface area contributed by atoms with Crippen molar-refractivity contribution in [2.24, 2.45) is 0 Å². The topological polar surface area (TPSA) is 24.9 Å². The van der Waals surface area contributed by atoms with Gasteiger partial charge in [-0.2, -0.15) is 4.39 Å². The van der Waals surface area contributed by atoms with E-state index in [0.717, 1.165) is 12.0 Å². The Labute approximate surface area is 105 Å². The minimum atomic E-state index is -0.533. The Kier molecular flexibility index (Phi) is 3.87.